The maximum Gasteiger partial charge on any atom is 0.258 e. The summed E-state index contributed by atoms with van der Waals surface area (Å²) in [6.07, 6.45) is 1.66. The van der Waals surface area contributed by atoms with Crippen molar-refractivity contribution < 1.29 is 4.79 Å². The third-order valence-electron chi connectivity index (χ3n) is 3.84. The van der Waals surface area contributed by atoms with Crippen LogP contribution in [0.1, 0.15) is 9.67 Å². The number of rotatable bonds is 4. The van der Waals surface area contributed by atoms with Crippen molar-refractivity contribution in [1.29, 1.82) is 0 Å². The van der Waals surface area contributed by atoms with Crippen LogP contribution in [0.15, 0.2) is 24.4 Å². The first-order valence-corrected chi connectivity index (χ1v) is 8.63. The normalized spacial score (nSPS) is 14.6. The fraction of sp³-hybridized carbons (Fsp3) is 0.267. The molecule has 0 aliphatic carbocycles. The number of thiophene rings is 1. The standard InChI is InChI=1S/C15H16N8OS/c16-14(24)10-7-9-11(25-10)8-18-15(19-9)20-12-1-2-13(22-21-12)23-5-3-17-4-6-23/h1-2,7-8,17H,3-6H2,(H2,16,24)(H,18,19,20,21). The van der Waals surface area contributed by atoms with Crippen LogP contribution in [-0.4, -0.2) is 52.3 Å². The van der Waals surface area contributed by atoms with E-state index in [2.05, 4.69) is 35.7 Å². The van der Waals surface area contributed by atoms with E-state index in [1.165, 1.54) is 11.3 Å². The van der Waals surface area contributed by atoms with Crippen molar-refractivity contribution in [3.63, 3.8) is 0 Å². The van der Waals surface area contributed by atoms with E-state index in [4.69, 9.17) is 5.73 Å². The lowest BCUT2D eigenvalue weighted by Gasteiger charge is -2.27. The van der Waals surface area contributed by atoms with Crippen molar-refractivity contribution in [2.45, 2.75) is 0 Å². The van der Waals surface area contributed by atoms with Crippen LogP contribution < -0.4 is 21.3 Å². The molecule has 0 atom stereocenters. The van der Waals surface area contributed by atoms with Crippen LogP contribution in [0.3, 0.4) is 0 Å². The van der Waals surface area contributed by atoms with Gasteiger partial charge in [0.1, 0.15) is 0 Å². The van der Waals surface area contributed by atoms with Gasteiger partial charge in [0.25, 0.3) is 5.91 Å². The molecule has 1 aliphatic rings. The smallest absolute Gasteiger partial charge is 0.258 e. The first-order valence-electron chi connectivity index (χ1n) is 7.82. The fourth-order valence-electron chi connectivity index (χ4n) is 2.59. The molecule has 0 spiro atoms. The minimum absolute atomic E-state index is 0.394. The van der Waals surface area contributed by atoms with Crippen molar-refractivity contribution in [2.75, 3.05) is 36.4 Å². The molecule has 4 N–H and O–H groups in total. The van der Waals surface area contributed by atoms with Gasteiger partial charge in [-0.05, 0) is 18.2 Å². The number of carbonyl (C=O) groups excluding carboxylic acids is 1. The van der Waals surface area contributed by atoms with Gasteiger partial charge < -0.3 is 21.3 Å². The molecule has 3 aromatic heterocycles. The van der Waals surface area contributed by atoms with Crippen LogP contribution in [0.2, 0.25) is 0 Å². The van der Waals surface area contributed by atoms with Crippen molar-refractivity contribution in [3.05, 3.63) is 29.3 Å². The maximum atomic E-state index is 11.3. The second-order valence-corrected chi connectivity index (χ2v) is 6.64. The Balaban J connectivity index is 1.51. The summed E-state index contributed by atoms with van der Waals surface area (Å²) in [5.41, 5.74) is 5.96. The van der Waals surface area contributed by atoms with E-state index in [1.54, 1.807) is 12.3 Å². The molecule has 0 aromatic carbocycles. The van der Waals surface area contributed by atoms with Gasteiger partial charge in [-0.2, -0.15) is 0 Å². The molecule has 0 radical (unpaired) electrons. The summed E-state index contributed by atoms with van der Waals surface area (Å²) in [4.78, 5) is 22.5. The van der Waals surface area contributed by atoms with Crippen LogP contribution >= 0.6 is 11.3 Å². The third kappa shape index (κ3) is 3.35. The molecule has 0 bridgehead atoms. The summed E-state index contributed by atoms with van der Waals surface area (Å²) in [6, 6.07) is 5.43. The molecule has 4 rings (SSSR count). The zero-order valence-corrected chi connectivity index (χ0v) is 14.1. The fourth-order valence-corrected chi connectivity index (χ4v) is 3.41. The summed E-state index contributed by atoms with van der Waals surface area (Å²) in [7, 11) is 0. The topological polar surface area (TPSA) is 122 Å². The van der Waals surface area contributed by atoms with Crippen molar-refractivity contribution >= 4 is 45.0 Å². The highest BCUT2D eigenvalue weighted by molar-refractivity contribution is 7.20. The van der Waals surface area contributed by atoms with E-state index in [0.717, 1.165) is 36.7 Å². The lowest BCUT2D eigenvalue weighted by atomic mass is 10.3. The predicted octanol–water partition coefficient (Wildman–Crippen LogP) is 0.733. The molecule has 0 saturated carbocycles. The van der Waals surface area contributed by atoms with Gasteiger partial charge in [-0.15, -0.1) is 21.5 Å². The van der Waals surface area contributed by atoms with Crippen LogP contribution in [0.4, 0.5) is 17.6 Å². The van der Waals surface area contributed by atoms with E-state index in [1.807, 2.05) is 12.1 Å². The van der Waals surface area contributed by atoms with Crippen LogP contribution in [-0.2, 0) is 0 Å². The van der Waals surface area contributed by atoms with Gasteiger partial charge in [-0.1, -0.05) is 0 Å². The summed E-state index contributed by atoms with van der Waals surface area (Å²) >= 11 is 1.27. The maximum absolute atomic E-state index is 11.3. The Morgan fingerprint density at radius 1 is 1.28 bits per heavy atom. The number of piperazine rings is 1. The molecular weight excluding hydrogens is 340 g/mol. The Hall–Kier alpha value is -2.85. The zero-order chi connectivity index (χ0) is 17.2. The van der Waals surface area contributed by atoms with E-state index in [0.29, 0.717) is 22.2 Å². The minimum Gasteiger partial charge on any atom is -0.365 e. The molecule has 10 heteroatoms. The van der Waals surface area contributed by atoms with Crippen LogP contribution in [0.5, 0.6) is 0 Å². The average Bonchev–Trinajstić information content (AvgIpc) is 3.07. The van der Waals surface area contributed by atoms with Crippen molar-refractivity contribution in [2.24, 2.45) is 5.73 Å². The quantitative estimate of drug-likeness (QED) is 0.625. The number of carbonyl (C=O) groups is 1. The molecule has 1 aliphatic heterocycles. The number of nitrogens with two attached hydrogens (primary N) is 1. The lowest BCUT2D eigenvalue weighted by Crippen LogP contribution is -2.43. The van der Waals surface area contributed by atoms with Gasteiger partial charge in [-0.3, -0.25) is 4.79 Å². The average molecular weight is 356 g/mol. The van der Waals surface area contributed by atoms with Crippen LogP contribution in [0.25, 0.3) is 10.2 Å². The number of fused-ring (bicyclic) bond motifs is 1. The summed E-state index contributed by atoms with van der Waals surface area (Å²) in [5.74, 6) is 1.34. The number of amides is 1. The number of aromatic nitrogens is 4. The van der Waals surface area contributed by atoms with E-state index in [-0.39, 0.29) is 0 Å². The van der Waals surface area contributed by atoms with Gasteiger partial charge in [-0.25, -0.2) is 9.97 Å². The number of hydrogen-bond acceptors (Lipinski definition) is 9. The molecule has 4 heterocycles. The molecule has 25 heavy (non-hydrogen) atoms. The molecule has 1 amide bonds. The molecule has 1 fully saturated rings. The van der Waals surface area contributed by atoms with E-state index < -0.39 is 5.91 Å². The van der Waals surface area contributed by atoms with E-state index in [9.17, 15) is 4.79 Å². The van der Waals surface area contributed by atoms with Gasteiger partial charge in [0.15, 0.2) is 11.6 Å². The van der Waals surface area contributed by atoms with Crippen LogP contribution in [0, 0.1) is 0 Å². The Morgan fingerprint density at radius 2 is 2.12 bits per heavy atom. The van der Waals surface area contributed by atoms with Gasteiger partial charge in [0, 0.05) is 26.2 Å². The Kier molecular flexibility index (Phi) is 4.12. The number of hydrogen-bond donors (Lipinski definition) is 3. The predicted molar refractivity (Wildman–Crippen MR) is 96.3 cm³/mol. The Labute approximate surface area is 147 Å². The largest absolute Gasteiger partial charge is 0.365 e. The lowest BCUT2D eigenvalue weighted by molar-refractivity contribution is 0.100. The molecule has 0 unspecified atom stereocenters. The summed E-state index contributed by atoms with van der Waals surface area (Å²) in [6.45, 7) is 3.73. The second-order valence-electron chi connectivity index (χ2n) is 5.56. The van der Waals surface area contributed by atoms with Crippen molar-refractivity contribution in [1.82, 2.24) is 25.5 Å². The highest BCUT2D eigenvalue weighted by atomic mass is 32.1. The Morgan fingerprint density at radius 3 is 2.84 bits per heavy atom. The number of nitrogens with one attached hydrogen (secondary N) is 2. The second kappa shape index (κ2) is 6.57. The summed E-state index contributed by atoms with van der Waals surface area (Å²) < 4.78 is 0.805. The zero-order valence-electron chi connectivity index (χ0n) is 13.3. The van der Waals surface area contributed by atoms with Gasteiger partial charge in [0.05, 0.1) is 21.3 Å². The molecular formula is C15H16N8OS. The third-order valence-corrected chi connectivity index (χ3v) is 4.92. The Bertz CT molecular complexity index is 904. The first-order chi connectivity index (χ1) is 12.2. The minimum atomic E-state index is -0.466. The van der Waals surface area contributed by atoms with E-state index >= 15 is 0 Å². The van der Waals surface area contributed by atoms with Gasteiger partial charge >= 0.3 is 0 Å². The SMILES string of the molecule is NC(=O)c1cc2nc(Nc3ccc(N4CCNCC4)nn3)ncc2s1. The van der Waals surface area contributed by atoms with Gasteiger partial charge in [0.2, 0.25) is 5.95 Å². The number of anilines is 3. The highest BCUT2D eigenvalue weighted by Gasteiger charge is 2.13. The first kappa shape index (κ1) is 15.7. The molecule has 3 aromatic rings. The molecule has 1 saturated heterocycles. The number of nitrogens with zero attached hydrogens (tertiary/aromatic N) is 5. The highest BCUT2D eigenvalue weighted by Crippen LogP contribution is 2.24. The van der Waals surface area contributed by atoms with Crippen molar-refractivity contribution in [3.8, 4) is 0 Å². The number of primary amides is 1. The summed E-state index contributed by atoms with van der Waals surface area (Å²) in [5, 5.41) is 14.8. The monoisotopic (exact) mass is 356 g/mol. The molecule has 128 valence electrons. The molecule has 9 nitrogen and oxygen atoms in total.